The molecule has 222 valence electrons. The number of hydrogen-bond acceptors (Lipinski definition) is 6. The Labute approximate surface area is 247 Å². The topological polar surface area (TPSA) is 73.8 Å². The molecular formula is C32H56N4OS2. The molecule has 1 unspecified atom stereocenters. The molecule has 0 saturated heterocycles. The third-order valence-corrected chi connectivity index (χ3v) is 9.08. The fourth-order valence-electron chi connectivity index (χ4n) is 4.72. The van der Waals surface area contributed by atoms with Crippen LogP contribution in [0.1, 0.15) is 137 Å². The summed E-state index contributed by atoms with van der Waals surface area (Å²) in [5.74, 6) is 2.63. The van der Waals surface area contributed by atoms with Crippen LogP contribution in [0.25, 0.3) is 0 Å². The number of hydrogen-bond donors (Lipinski definition) is 3. The number of aromatic amines is 1. The van der Waals surface area contributed by atoms with Gasteiger partial charge in [-0.1, -0.05) is 124 Å². The molecule has 0 amide bonds. The second-order valence-electron chi connectivity index (χ2n) is 12.9. The van der Waals surface area contributed by atoms with E-state index in [-0.39, 0.29) is 10.8 Å². The number of aromatic nitrogens is 3. The maximum Gasteiger partial charge on any atom is 0.209 e. The number of rotatable bonds is 18. The summed E-state index contributed by atoms with van der Waals surface area (Å²) in [6.45, 7) is 17.5. The number of phenols is 1. The predicted molar refractivity (Wildman–Crippen MR) is 173 cm³/mol. The standard InChI is InChI=1S/C32H56N4OS2/c1-9-11-12-13-14-17-20-38-29-34-30(36-35-29)39-21-18-15-16-19-24(10-2)33-25-22-26(31(3,4)5)28(37)27(23-25)32(6,7)8/h22-24,33,37H,9-21H2,1-8H3,(H,34,35,36). The SMILES string of the molecule is CCCCCCCCSc1nc(SCCCCCC(CC)Nc2cc(C(C)(C)C)c(O)c(C(C)(C)C)c2)n[nH]1. The molecule has 2 rings (SSSR count). The molecule has 39 heavy (non-hydrogen) atoms. The molecule has 5 nitrogen and oxygen atoms in total. The van der Waals surface area contributed by atoms with Crippen molar-refractivity contribution in [2.24, 2.45) is 0 Å². The van der Waals surface area contributed by atoms with Crippen molar-refractivity contribution >= 4 is 29.2 Å². The highest BCUT2D eigenvalue weighted by molar-refractivity contribution is 7.99. The third-order valence-electron chi connectivity index (χ3n) is 7.20. The number of H-pyrrole nitrogens is 1. The van der Waals surface area contributed by atoms with Crippen molar-refractivity contribution in [3.63, 3.8) is 0 Å². The van der Waals surface area contributed by atoms with Crippen molar-refractivity contribution in [1.82, 2.24) is 15.2 Å². The van der Waals surface area contributed by atoms with E-state index >= 15 is 0 Å². The quantitative estimate of drug-likeness (QED) is 0.0931. The number of benzene rings is 1. The Balaban J connectivity index is 1.73. The lowest BCUT2D eigenvalue weighted by Gasteiger charge is -2.29. The number of unbranched alkanes of at least 4 members (excludes halogenated alkanes) is 7. The number of nitrogens with one attached hydrogen (secondary N) is 2. The summed E-state index contributed by atoms with van der Waals surface area (Å²) < 4.78 is 0. The maximum absolute atomic E-state index is 11.0. The summed E-state index contributed by atoms with van der Waals surface area (Å²) in [6, 6.07) is 4.74. The van der Waals surface area contributed by atoms with Gasteiger partial charge in [-0.15, -0.1) is 5.10 Å². The van der Waals surface area contributed by atoms with Crippen LogP contribution >= 0.6 is 23.5 Å². The first-order valence-electron chi connectivity index (χ1n) is 15.3. The number of nitrogens with zero attached hydrogens (tertiary/aromatic N) is 2. The van der Waals surface area contributed by atoms with Gasteiger partial charge in [0, 0.05) is 34.4 Å². The lowest BCUT2D eigenvalue weighted by atomic mass is 9.79. The molecule has 1 heterocycles. The highest BCUT2D eigenvalue weighted by Gasteiger charge is 2.27. The van der Waals surface area contributed by atoms with Gasteiger partial charge in [-0.25, -0.2) is 0 Å². The molecule has 1 atom stereocenters. The summed E-state index contributed by atoms with van der Waals surface area (Å²) >= 11 is 3.56. The zero-order chi connectivity index (χ0) is 28.9. The number of anilines is 1. The average Bonchev–Trinajstić information content (AvgIpc) is 3.31. The Kier molecular flexibility index (Phi) is 14.6. The average molecular weight is 577 g/mol. The van der Waals surface area contributed by atoms with Crippen LogP contribution in [0, 0.1) is 0 Å². The number of aromatic hydroxyl groups is 1. The molecule has 3 N–H and O–H groups in total. The molecule has 0 saturated carbocycles. The van der Waals surface area contributed by atoms with Crippen LogP contribution in [0.3, 0.4) is 0 Å². The van der Waals surface area contributed by atoms with E-state index < -0.39 is 0 Å². The van der Waals surface area contributed by atoms with Crippen LogP contribution in [0.5, 0.6) is 5.75 Å². The Hall–Kier alpha value is -1.34. The van der Waals surface area contributed by atoms with Gasteiger partial charge in [-0.3, -0.25) is 5.10 Å². The van der Waals surface area contributed by atoms with Crippen LogP contribution < -0.4 is 5.32 Å². The van der Waals surface area contributed by atoms with Gasteiger partial charge < -0.3 is 10.4 Å². The van der Waals surface area contributed by atoms with Crippen molar-refractivity contribution in [2.75, 3.05) is 16.8 Å². The Morgan fingerprint density at radius 1 is 0.821 bits per heavy atom. The maximum atomic E-state index is 11.0. The highest BCUT2D eigenvalue weighted by atomic mass is 32.2. The summed E-state index contributed by atoms with van der Waals surface area (Å²) in [6.07, 6.45) is 13.8. The molecule has 0 spiro atoms. The van der Waals surface area contributed by atoms with E-state index in [1.807, 2.05) is 0 Å². The van der Waals surface area contributed by atoms with E-state index in [2.05, 4.69) is 88.0 Å². The second kappa shape index (κ2) is 16.8. The van der Waals surface area contributed by atoms with Gasteiger partial charge in [0.05, 0.1) is 0 Å². The van der Waals surface area contributed by atoms with Crippen LogP contribution in [-0.2, 0) is 10.8 Å². The van der Waals surface area contributed by atoms with Gasteiger partial charge in [0.2, 0.25) is 5.16 Å². The van der Waals surface area contributed by atoms with Crippen molar-refractivity contribution in [3.8, 4) is 5.75 Å². The number of thioether (sulfide) groups is 2. The van der Waals surface area contributed by atoms with Gasteiger partial charge in [0.25, 0.3) is 0 Å². The highest BCUT2D eigenvalue weighted by Crippen LogP contribution is 2.41. The molecule has 0 aliphatic carbocycles. The molecule has 0 aliphatic rings. The minimum Gasteiger partial charge on any atom is -0.507 e. The first-order valence-corrected chi connectivity index (χ1v) is 17.2. The normalized spacial score (nSPS) is 13.1. The van der Waals surface area contributed by atoms with Gasteiger partial charge in [-0.05, 0) is 48.6 Å². The van der Waals surface area contributed by atoms with Crippen LogP contribution in [0.4, 0.5) is 5.69 Å². The van der Waals surface area contributed by atoms with E-state index in [1.54, 1.807) is 23.5 Å². The molecule has 0 radical (unpaired) electrons. The molecule has 0 fully saturated rings. The zero-order valence-electron chi connectivity index (χ0n) is 26.1. The molecule has 0 bridgehead atoms. The Bertz CT molecular complexity index is 927. The second-order valence-corrected chi connectivity index (χ2v) is 15.1. The summed E-state index contributed by atoms with van der Waals surface area (Å²) in [4.78, 5) is 4.65. The smallest absolute Gasteiger partial charge is 0.209 e. The van der Waals surface area contributed by atoms with Crippen molar-refractivity contribution in [1.29, 1.82) is 0 Å². The Morgan fingerprint density at radius 3 is 1.97 bits per heavy atom. The first kappa shape index (κ1) is 33.9. The molecule has 1 aromatic carbocycles. The summed E-state index contributed by atoms with van der Waals surface area (Å²) in [5.41, 5.74) is 2.93. The molecule has 0 aliphatic heterocycles. The third kappa shape index (κ3) is 12.4. The fraction of sp³-hybridized carbons (Fsp3) is 0.750. The summed E-state index contributed by atoms with van der Waals surface area (Å²) in [7, 11) is 0. The van der Waals surface area contributed by atoms with Gasteiger partial charge >= 0.3 is 0 Å². The van der Waals surface area contributed by atoms with E-state index in [1.165, 1.54) is 57.8 Å². The van der Waals surface area contributed by atoms with Gasteiger partial charge in [0.1, 0.15) is 5.75 Å². The van der Waals surface area contributed by atoms with Crippen molar-refractivity contribution in [2.45, 2.75) is 153 Å². The van der Waals surface area contributed by atoms with E-state index in [0.29, 0.717) is 11.8 Å². The van der Waals surface area contributed by atoms with Crippen molar-refractivity contribution in [3.05, 3.63) is 23.3 Å². The Morgan fingerprint density at radius 2 is 1.38 bits per heavy atom. The molecule has 7 heteroatoms. The molecule has 2 aromatic rings. The minimum atomic E-state index is -0.113. The first-order chi connectivity index (χ1) is 18.5. The lowest BCUT2D eigenvalue weighted by Crippen LogP contribution is -2.21. The van der Waals surface area contributed by atoms with E-state index in [0.717, 1.165) is 51.5 Å². The zero-order valence-corrected chi connectivity index (χ0v) is 27.7. The largest absolute Gasteiger partial charge is 0.507 e. The van der Waals surface area contributed by atoms with E-state index in [4.69, 9.17) is 0 Å². The molecular weight excluding hydrogens is 521 g/mol. The molecule has 1 aromatic heterocycles. The van der Waals surface area contributed by atoms with E-state index in [9.17, 15) is 5.11 Å². The summed E-state index contributed by atoms with van der Waals surface area (Å²) in [5, 5.41) is 24.1. The minimum absolute atomic E-state index is 0.113. The number of phenolic OH excluding ortho intramolecular Hbond substituents is 1. The van der Waals surface area contributed by atoms with Gasteiger partial charge in [0.15, 0.2) is 5.16 Å². The monoisotopic (exact) mass is 576 g/mol. The lowest BCUT2D eigenvalue weighted by molar-refractivity contribution is 0.423. The van der Waals surface area contributed by atoms with Gasteiger partial charge in [-0.2, -0.15) is 4.98 Å². The van der Waals surface area contributed by atoms with Crippen LogP contribution in [-0.4, -0.2) is 37.8 Å². The van der Waals surface area contributed by atoms with Crippen molar-refractivity contribution < 1.29 is 5.11 Å². The predicted octanol–water partition coefficient (Wildman–Crippen LogP) is 10.1. The van der Waals surface area contributed by atoms with Crippen LogP contribution in [0.2, 0.25) is 0 Å². The van der Waals surface area contributed by atoms with Crippen LogP contribution in [0.15, 0.2) is 22.4 Å². The fourth-order valence-corrected chi connectivity index (χ4v) is 6.38.